The van der Waals surface area contributed by atoms with E-state index in [0.29, 0.717) is 11.4 Å². The molecule has 0 amide bonds. The van der Waals surface area contributed by atoms with Crippen molar-refractivity contribution < 1.29 is 4.79 Å². The first-order chi connectivity index (χ1) is 8.99. The average molecular weight is 272 g/mol. The molecule has 0 spiro atoms. The average Bonchev–Trinajstić information content (AvgIpc) is 2.40. The summed E-state index contributed by atoms with van der Waals surface area (Å²) in [5.41, 5.74) is 0.423. The van der Waals surface area contributed by atoms with Gasteiger partial charge >= 0.3 is 0 Å². The van der Waals surface area contributed by atoms with Crippen molar-refractivity contribution in [3.8, 4) is 12.1 Å². The number of nitrogens with zero attached hydrogens (tertiary/aromatic N) is 3. The predicted octanol–water partition coefficient (Wildman–Crippen LogP) is 2.06. The third-order valence-electron chi connectivity index (χ3n) is 2.39. The maximum Gasteiger partial charge on any atom is 0.159 e. The van der Waals surface area contributed by atoms with E-state index in [1.54, 1.807) is 26.0 Å². The van der Waals surface area contributed by atoms with Crippen molar-refractivity contribution in [2.24, 2.45) is 11.8 Å². The molecule has 0 aliphatic rings. The van der Waals surface area contributed by atoms with Crippen molar-refractivity contribution in [2.45, 2.75) is 13.8 Å². The van der Waals surface area contributed by atoms with E-state index >= 15 is 0 Å². The van der Waals surface area contributed by atoms with Gasteiger partial charge in [-0.2, -0.15) is 10.5 Å². The lowest BCUT2D eigenvalue weighted by Crippen LogP contribution is -2.30. The SMILES string of the molecule is CC(C)C(=O)C(C#N)C(=S)Nc1ccc(C#N)cn1. The molecule has 1 unspecified atom stereocenters. The number of ketones is 1. The van der Waals surface area contributed by atoms with Crippen LogP contribution in [0.3, 0.4) is 0 Å². The minimum atomic E-state index is -0.979. The van der Waals surface area contributed by atoms with Crippen LogP contribution < -0.4 is 5.32 Å². The lowest BCUT2D eigenvalue weighted by Gasteiger charge is -2.13. The van der Waals surface area contributed by atoms with Crippen molar-refractivity contribution in [1.29, 1.82) is 10.5 Å². The number of rotatable bonds is 4. The molecule has 1 aromatic heterocycles. The Balaban J connectivity index is 2.81. The summed E-state index contributed by atoms with van der Waals surface area (Å²) in [5, 5.41) is 20.4. The second kappa shape index (κ2) is 6.58. The number of nitrogens with one attached hydrogen (secondary N) is 1. The van der Waals surface area contributed by atoms with Crippen molar-refractivity contribution >= 4 is 28.8 Å². The van der Waals surface area contributed by atoms with Crippen molar-refractivity contribution in [3.05, 3.63) is 23.9 Å². The van der Waals surface area contributed by atoms with Gasteiger partial charge in [-0.1, -0.05) is 26.1 Å². The van der Waals surface area contributed by atoms with E-state index in [1.807, 2.05) is 12.1 Å². The highest BCUT2D eigenvalue weighted by Gasteiger charge is 2.25. The van der Waals surface area contributed by atoms with E-state index in [-0.39, 0.29) is 16.7 Å². The molecule has 0 saturated heterocycles. The third kappa shape index (κ3) is 3.84. The number of thiocarbonyl (C=S) groups is 1. The Labute approximate surface area is 116 Å². The van der Waals surface area contributed by atoms with E-state index in [9.17, 15) is 4.79 Å². The number of carbonyl (C=O) groups excluding carboxylic acids is 1. The van der Waals surface area contributed by atoms with Crippen LogP contribution in [0.5, 0.6) is 0 Å². The fourth-order valence-electron chi connectivity index (χ4n) is 1.32. The molecule has 1 N–H and O–H groups in total. The Kier molecular flexibility index (Phi) is 5.11. The van der Waals surface area contributed by atoms with Gasteiger partial charge in [-0.15, -0.1) is 0 Å². The summed E-state index contributed by atoms with van der Waals surface area (Å²) < 4.78 is 0. The summed E-state index contributed by atoms with van der Waals surface area (Å²) >= 11 is 5.05. The van der Waals surface area contributed by atoms with Crippen LogP contribution in [0.25, 0.3) is 0 Å². The third-order valence-corrected chi connectivity index (χ3v) is 2.73. The molecule has 0 aromatic carbocycles. The first kappa shape index (κ1) is 14.7. The number of pyridine rings is 1. The highest BCUT2D eigenvalue weighted by Crippen LogP contribution is 2.12. The fourth-order valence-corrected chi connectivity index (χ4v) is 1.59. The van der Waals surface area contributed by atoms with Gasteiger partial charge in [0.2, 0.25) is 0 Å². The van der Waals surface area contributed by atoms with E-state index in [1.165, 1.54) is 6.20 Å². The number of aromatic nitrogens is 1. The molecular weight excluding hydrogens is 260 g/mol. The number of hydrogen-bond donors (Lipinski definition) is 1. The van der Waals surface area contributed by atoms with Crippen LogP contribution in [-0.4, -0.2) is 15.8 Å². The number of Topliss-reactive ketones (excluding diaryl/α,β-unsaturated/α-hetero) is 1. The van der Waals surface area contributed by atoms with Gasteiger partial charge in [-0.25, -0.2) is 4.98 Å². The quantitative estimate of drug-likeness (QED) is 0.844. The number of carbonyl (C=O) groups is 1. The molecule has 0 fully saturated rings. The largest absolute Gasteiger partial charge is 0.333 e. The minimum absolute atomic E-state index is 0.124. The van der Waals surface area contributed by atoms with Gasteiger partial charge in [-0.3, -0.25) is 4.79 Å². The van der Waals surface area contributed by atoms with Crippen LogP contribution in [0, 0.1) is 34.5 Å². The predicted molar refractivity (Wildman–Crippen MR) is 74.1 cm³/mol. The Bertz CT molecular complexity index is 566. The van der Waals surface area contributed by atoms with Gasteiger partial charge in [0, 0.05) is 12.1 Å². The van der Waals surface area contributed by atoms with Crippen LogP contribution in [0.2, 0.25) is 0 Å². The molecule has 1 heterocycles. The lowest BCUT2D eigenvalue weighted by atomic mass is 9.96. The smallest absolute Gasteiger partial charge is 0.159 e. The molecule has 0 saturated carbocycles. The molecule has 0 radical (unpaired) electrons. The van der Waals surface area contributed by atoms with Gasteiger partial charge in [-0.05, 0) is 12.1 Å². The lowest BCUT2D eigenvalue weighted by molar-refractivity contribution is -0.122. The number of nitriles is 2. The normalized spacial score (nSPS) is 11.2. The van der Waals surface area contributed by atoms with Gasteiger partial charge in [0.25, 0.3) is 0 Å². The highest BCUT2D eigenvalue weighted by atomic mass is 32.1. The van der Waals surface area contributed by atoms with Gasteiger partial charge in [0.1, 0.15) is 16.9 Å². The first-order valence-corrected chi connectivity index (χ1v) is 6.00. The number of anilines is 1. The second-order valence-corrected chi connectivity index (χ2v) is 4.59. The molecule has 1 atom stereocenters. The molecular formula is C13H12N4OS. The van der Waals surface area contributed by atoms with Crippen LogP contribution in [0.15, 0.2) is 18.3 Å². The monoisotopic (exact) mass is 272 g/mol. The topological polar surface area (TPSA) is 89.6 Å². The summed E-state index contributed by atoms with van der Waals surface area (Å²) in [4.78, 5) is 15.9. The van der Waals surface area contributed by atoms with Gasteiger partial charge in [0.15, 0.2) is 11.7 Å². The van der Waals surface area contributed by atoms with E-state index < -0.39 is 5.92 Å². The molecule has 19 heavy (non-hydrogen) atoms. The molecule has 5 nitrogen and oxygen atoms in total. The van der Waals surface area contributed by atoms with Crippen LogP contribution >= 0.6 is 12.2 Å². The Hall–Kier alpha value is -2.31. The fraction of sp³-hybridized carbons (Fsp3) is 0.308. The van der Waals surface area contributed by atoms with Crippen molar-refractivity contribution in [3.63, 3.8) is 0 Å². The zero-order chi connectivity index (χ0) is 14.4. The van der Waals surface area contributed by atoms with Gasteiger partial charge < -0.3 is 5.32 Å². The summed E-state index contributed by atoms with van der Waals surface area (Å²) in [6.45, 7) is 3.44. The molecule has 96 valence electrons. The van der Waals surface area contributed by atoms with E-state index in [4.69, 9.17) is 22.7 Å². The summed E-state index contributed by atoms with van der Waals surface area (Å²) in [5.74, 6) is -1.07. The van der Waals surface area contributed by atoms with Crippen LogP contribution in [0.1, 0.15) is 19.4 Å². The maximum atomic E-state index is 11.8. The molecule has 6 heteroatoms. The standard InChI is InChI=1S/C13H12N4OS/c1-8(2)12(18)10(6-15)13(19)17-11-4-3-9(5-14)7-16-11/h3-4,7-8,10H,1-2H3,(H,16,17,19). The van der Waals surface area contributed by atoms with Crippen LogP contribution in [-0.2, 0) is 4.79 Å². The maximum absolute atomic E-state index is 11.8. The molecule has 1 rings (SSSR count). The first-order valence-electron chi connectivity index (χ1n) is 5.60. The zero-order valence-electron chi connectivity index (χ0n) is 10.5. The summed E-state index contributed by atoms with van der Waals surface area (Å²) in [7, 11) is 0. The second-order valence-electron chi connectivity index (χ2n) is 4.15. The minimum Gasteiger partial charge on any atom is -0.333 e. The number of hydrogen-bond acceptors (Lipinski definition) is 5. The van der Waals surface area contributed by atoms with Crippen molar-refractivity contribution in [2.75, 3.05) is 5.32 Å². The Morgan fingerprint density at radius 1 is 1.42 bits per heavy atom. The van der Waals surface area contributed by atoms with Crippen LogP contribution in [0.4, 0.5) is 5.82 Å². The van der Waals surface area contributed by atoms with Crippen molar-refractivity contribution in [1.82, 2.24) is 4.98 Å². The Morgan fingerprint density at radius 3 is 2.53 bits per heavy atom. The molecule has 0 bridgehead atoms. The van der Waals surface area contributed by atoms with Gasteiger partial charge in [0.05, 0.1) is 11.6 Å². The molecule has 0 aliphatic heterocycles. The van der Waals surface area contributed by atoms with E-state index in [0.717, 1.165) is 0 Å². The molecule has 0 aliphatic carbocycles. The highest BCUT2D eigenvalue weighted by molar-refractivity contribution is 7.80. The van der Waals surface area contributed by atoms with E-state index in [2.05, 4.69) is 10.3 Å². The Morgan fingerprint density at radius 2 is 2.11 bits per heavy atom. The molecule has 1 aromatic rings. The zero-order valence-corrected chi connectivity index (χ0v) is 11.4. The summed E-state index contributed by atoms with van der Waals surface area (Å²) in [6.07, 6.45) is 1.39. The summed E-state index contributed by atoms with van der Waals surface area (Å²) in [6, 6.07) is 6.98.